The van der Waals surface area contributed by atoms with Crippen LogP contribution in [0.3, 0.4) is 0 Å². The number of hydrogen-bond donors (Lipinski definition) is 2. The number of benzene rings is 2. The van der Waals surface area contributed by atoms with Crippen molar-refractivity contribution in [3.05, 3.63) is 47.5 Å². The lowest BCUT2D eigenvalue weighted by molar-refractivity contribution is -0.0882. The number of rotatable bonds is 4. The standard InChI is InChI=1S/C20H20O7/c21-9-20(22)14(5-12-1-3-15-17(6-12)26-10-24-15)8-23-19(20)13-2-4-16-18(7-13)27-11-25-16/h1-4,6-7,14,19,21-22H,5,8-11H2/t14-,19+,20+/m1/s1. The molecule has 1 saturated heterocycles. The second-order valence-electron chi connectivity index (χ2n) is 7.06. The van der Waals surface area contributed by atoms with Gasteiger partial charge in [-0.2, -0.15) is 0 Å². The molecular weight excluding hydrogens is 352 g/mol. The Hall–Kier alpha value is -2.48. The minimum Gasteiger partial charge on any atom is -0.454 e. The van der Waals surface area contributed by atoms with Crippen molar-refractivity contribution < 1.29 is 33.9 Å². The van der Waals surface area contributed by atoms with Crippen LogP contribution in [0.4, 0.5) is 0 Å². The van der Waals surface area contributed by atoms with Gasteiger partial charge in [0, 0.05) is 5.92 Å². The summed E-state index contributed by atoms with van der Waals surface area (Å²) in [6, 6.07) is 11.1. The summed E-state index contributed by atoms with van der Waals surface area (Å²) >= 11 is 0. The molecule has 0 aromatic heterocycles. The van der Waals surface area contributed by atoms with E-state index in [1.807, 2.05) is 24.3 Å². The van der Waals surface area contributed by atoms with Gasteiger partial charge in [0.05, 0.1) is 13.2 Å². The Labute approximate surface area is 156 Å². The van der Waals surface area contributed by atoms with Gasteiger partial charge in [-0.1, -0.05) is 12.1 Å². The van der Waals surface area contributed by atoms with Crippen LogP contribution in [0.25, 0.3) is 0 Å². The quantitative estimate of drug-likeness (QED) is 0.846. The summed E-state index contributed by atoms with van der Waals surface area (Å²) in [7, 11) is 0. The van der Waals surface area contributed by atoms with Crippen molar-refractivity contribution in [3.8, 4) is 23.0 Å². The minimum absolute atomic E-state index is 0.182. The minimum atomic E-state index is -1.40. The van der Waals surface area contributed by atoms with E-state index in [4.69, 9.17) is 23.7 Å². The Kier molecular flexibility index (Phi) is 3.89. The van der Waals surface area contributed by atoms with E-state index in [2.05, 4.69) is 0 Å². The molecule has 0 unspecified atom stereocenters. The van der Waals surface area contributed by atoms with Crippen molar-refractivity contribution in [2.75, 3.05) is 26.8 Å². The highest BCUT2D eigenvalue weighted by molar-refractivity contribution is 5.46. The van der Waals surface area contributed by atoms with Gasteiger partial charge in [0.1, 0.15) is 11.7 Å². The fourth-order valence-corrected chi connectivity index (χ4v) is 3.98. The average molecular weight is 372 g/mol. The van der Waals surface area contributed by atoms with Crippen molar-refractivity contribution in [1.29, 1.82) is 0 Å². The van der Waals surface area contributed by atoms with E-state index >= 15 is 0 Å². The Balaban J connectivity index is 1.40. The third kappa shape index (κ3) is 2.70. The number of fused-ring (bicyclic) bond motifs is 2. The predicted octanol–water partition coefficient (Wildman–Crippen LogP) is 1.80. The van der Waals surface area contributed by atoms with Gasteiger partial charge in [0.15, 0.2) is 23.0 Å². The van der Waals surface area contributed by atoms with Crippen molar-refractivity contribution in [2.24, 2.45) is 5.92 Å². The average Bonchev–Trinajstić information content (AvgIpc) is 3.40. The van der Waals surface area contributed by atoms with E-state index in [-0.39, 0.29) is 19.5 Å². The summed E-state index contributed by atoms with van der Waals surface area (Å²) in [6.45, 7) is 0.339. The van der Waals surface area contributed by atoms with Gasteiger partial charge in [-0.3, -0.25) is 0 Å². The van der Waals surface area contributed by atoms with Gasteiger partial charge in [0.25, 0.3) is 0 Å². The normalized spacial score (nSPS) is 27.9. The lowest BCUT2D eigenvalue weighted by Gasteiger charge is -2.32. The molecule has 7 nitrogen and oxygen atoms in total. The first kappa shape index (κ1) is 16.7. The summed E-state index contributed by atoms with van der Waals surface area (Å²) in [4.78, 5) is 0. The van der Waals surface area contributed by atoms with Crippen LogP contribution < -0.4 is 18.9 Å². The zero-order chi connectivity index (χ0) is 18.4. The molecule has 0 bridgehead atoms. The van der Waals surface area contributed by atoms with E-state index in [1.165, 1.54) is 0 Å². The molecular formula is C20H20O7. The number of ether oxygens (including phenoxy) is 5. The van der Waals surface area contributed by atoms with E-state index < -0.39 is 18.3 Å². The molecule has 0 saturated carbocycles. The molecule has 0 amide bonds. The van der Waals surface area contributed by atoms with Crippen LogP contribution in [0.2, 0.25) is 0 Å². The fraction of sp³-hybridized carbons (Fsp3) is 0.400. The van der Waals surface area contributed by atoms with E-state index in [0.717, 1.165) is 16.9 Å². The zero-order valence-corrected chi connectivity index (χ0v) is 14.6. The predicted molar refractivity (Wildman–Crippen MR) is 93.1 cm³/mol. The second-order valence-corrected chi connectivity index (χ2v) is 7.06. The monoisotopic (exact) mass is 372 g/mol. The Bertz CT molecular complexity index is 867. The van der Waals surface area contributed by atoms with Crippen molar-refractivity contribution in [1.82, 2.24) is 0 Å². The van der Waals surface area contributed by atoms with Gasteiger partial charge in [-0.25, -0.2) is 0 Å². The molecule has 5 rings (SSSR count). The highest BCUT2D eigenvalue weighted by atomic mass is 16.7. The summed E-state index contributed by atoms with van der Waals surface area (Å²) in [5.74, 6) is 2.44. The van der Waals surface area contributed by atoms with Gasteiger partial charge >= 0.3 is 0 Å². The Morgan fingerprint density at radius 3 is 2.30 bits per heavy atom. The van der Waals surface area contributed by atoms with Crippen LogP contribution in [0.5, 0.6) is 23.0 Å². The maximum atomic E-state index is 11.3. The van der Waals surface area contributed by atoms with Crippen LogP contribution in [0.15, 0.2) is 36.4 Å². The van der Waals surface area contributed by atoms with Crippen LogP contribution in [0.1, 0.15) is 17.2 Å². The van der Waals surface area contributed by atoms with Gasteiger partial charge in [-0.05, 0) is 41.8 Å². The maximum Gasteiger partial charge on any atom is 0.231 e. The molecule has 27 heavy (non-hydrogen) atoms. The number of aliphatic hydroxyl groups is 2. The molecule has 1 fully saturated rings. The van der Waals surface area contributed by atoms with Crippen LogP contribution in [-0.2, 0) is 11.2 Å². The Morgan fingerprint density at radius 1 is 0.889 bits per heavy atom. The molecule has 0 spiro atoms. The van der Waals surface area contributed by atoms with Gasteiger partial charge in [-0.15, -0.1) is 0 Å². The van der Waals surface area contributed by atoms with Crippen LogP contribution in [-0.4, -0.2) is 42.6 Å². The third-order valence-corrected chi connectivity index (χ3v) is 5.50. The smallest absolute Gasteiger partial charge is 0.231 e. The molecule has 2 aromatic carbocycles. The molecule has 0 aliphatic carbocycles. The van der Waals surface area contributed by atoms with Crippen LogP contribution >= 0.6 is 0 Å². The van der Waals surface area contributed by atoms with E-state index in [0.29, 0.717) is 30.3 Å². The number of hydrogen-bond acceptors (Lipinski definition) is 7. The highest BCUT2D eigenvalue weighted by Gasteiger charge is 2.50. The van der Waals surface area contributed by atoms with Gasteiger partial charge in [0.2, 0.25) is 13.6 Å². The summed E-state index contributed by atoms with van der Waals surface area (Å²) in [6.07, 6.45) is -0.0922. The van der Waals surface area contributed by atoms with Crippen molar-refractivity contribution in [2.45, 2.75) is 18.1 Å². The summed E-state index contributed by atoms with van der Waals surface area (Å²) in [5.41, 5.74) is 0.347. The molecule has 142 valence electrons. The molecule has 3 atom stereocenters. The fourth-order valence-electron chi connectivity index (χ4n) is 3.98. The van der Waals surface area contributed by atoms with Crippen molar-refractivity contribution >= 4 is 0 Å². The highest BCUT2D eigenvalue weighted by Crippen LogP contribution is 2.46. The molecule has 3 aliphatic heterocycles. The lowest BCUT2D eigenvalue weighted by Crippen LogP contribution is -2.43. The number of aliphatic hydroxyl groups excluding tert-OH is 1. The second kappa shape index (κ2) is 6.30. The van der Waals surface area contributed by atoms with Crippen LogP contribution in [0, 0.1) is 5.92 Å². The van der Waals surface area contributed by atoms with Crippen molar-refractivity contribution in [3.63, 3.8) is 0 Å². The van der Waals surface area contributed by atoms with Gasteiger partial charge < -0.3 is 33.9 Å². The molecule has 2 N–H and O–H groups in total. The topological polar surface area (TPSA) is 86.6 Å². The SMILES string of the molecule is OC[C@]1(O)[C@H](Cc2ccc3c(c2)OCO3)CO[C@H]1c1ccc2c(c1)OCO2. The first-order valence-electron chi connectivity index (χ1n) is 8.90. The largest absolute Gasteiger partial charge is 0.454 e. The molecule has 0 radical (unpaired) electrons. The molecule has 3 heterocycles. The van der Waals surface area contributed by atoms with E-state index in [9.17, 15) is 10.2 Å². The lowest BCUT2D eigenvalue weighted by atomic mass is 9.80. The Morgan fingerprint density at radius 2 is 1.56 bits per heavy atom. The van der Waals surface area contributed by atoms with E-state index in [1.54, 1.807) is 12.1 Å². The molecule has 2 aromatic rings. The summed E-state index contributed by atoms with van der Waals surface area (Å²) < 4.78 is 27.4. The third-order valence-electron chi connectivity index (χ3n) is 5.50. The zero-order valence-electron chi connectivity index (χ0n) is 14.6. The maximum absolute atomic E-state index is 11.3. The first-order chi connectivity index (χ1) is 13.2. The summed E-state index contributed by atoms with van der Waals surface area (Å²) in [5, 5.41) is 21.3. The first-order valence-corrected chi connectivity index (χ1v) is 8.90. The molecule has 3 aliphatic rings. The molecule has 7 heteroatoms.